The summed E-state index contributed by atoms with van der Waals surface area (Å²) in [6, 6.07) is 7.93. The van der Waals surface area contributed by atoms with Crippen LogP contribution in [0.5, 0.6) is 0 Å². The molecule has 0 heterocycles. The number of hydrogen-bond acceptors (Lipinski definition) is 3. The van der Waals surface area contributed by atoms with Gasteiger partial charge >= 0.3 is 29.6 Å². The first kappa shape index (κ1) is 16.1. The minimum absolute atomic E-state index is 0. The fourth-order valence-electron chi connectivity index (χ4n) is 0.550. The van der Waals surface area contributed by atoms with Gasteiger partial charge in [0.1, 0.15) is 0 Å². The van der Waals surface area contributed by atoms with Gasteiger partial charge in [-0.25, -0.2) is 0 Å². The van der Waals surface area contributed by atoms with Gasteiger partial charge in [0.25, 0.3) is 17.0 Å². The summed E-state index contributed by atoms with van der Waals surface area (Å²) in [6.07, 6.45) is 0. The maximum atomic E-state index is 10.0. The van der Waals surface area contributed by atoms with E-state index in [0.717, 1.165) is 0 Å². The van der Waals surface area contributed by atoms with Crippen LogP contribution in [0.1, 0.15) is 0 Å². The molecule has 6 nitrogen and oxygen atoms in total. The molecule has 0 spiro atoms. The van der Waals surface area contributed by atoms with Gasteiger partial charge < -0.3 is 0 Å². The molecule has 0 radical (unpaired) electrons. The summed E-state index contributed by atoms with van der Waals surface area (Å²) in [5, 5.41) is 10.0. The molecule has 1 aromatic carbocycles. The van der Waals surface area contributed by atoms with Crippen molar-refractivity contribution in [2.45, 2.75) is 0 Å². The van der Waals surface area contributed by atoms with Crippen LogP contribution < -0.4 is 0 Å². The van der Waals surface area contributed by atoms with Gasteiger partial charge in [-0.05, 0) is 0 Å². The average molecular weight is 229 g/mol. The van der Waals surface area contributed by atoms with Crippen molar-refractivity contribution in [2.24, 2.45) is 0 Å². The van der Waals surface area contributed by atoms with Crippen LogP contribution in [-0.4, -0.2) is 47.8 Å². The fourth-order valence-corrected chi connectivity index (χ4v) is 0.550. The number of hydrogen-bond donors (Lipinski definition) is 2. The summed E-state index contributed by atoms with van der Waals surface area (Å²) in [4.78, 5) is 9.59. The van der Waals surface area contributed by atoms with E-state index in [9.17, 15) is 10.1 Å². The quantitative estimate of drug-likeness (QED) is 0.318. The third-order valence-corrected chi connectivity index (χ3v) is 0.967. The van der Waals surface area contributed by atoms with E-state index in [-0.39, 0.29) is 35.2 Å². The zero-order chi connectivity index (χ0) is 10.3. The van der Waals surface area contributed by atoms with Crippen LogP contribution >= 0.6 is 0 Å². The Balaban J connectivity index is 0. The molecule has 0 aromatic heterocycles. The second kappa shape index (κ2) is 9.25. The number of para-hydroxylation sites is 1. The van der Waals surface area contributed by atoms with E-state index in [1.165, 1.54) is 12.1 Å². The van der Waals surface area contributed by atoms with Gasteiger partial charge in [0, 0.05) is 12.1 Å². The maximum absolute atomic E-state index is 10.0. The van der Waals surface area contributed by atoms with Crippen LogP contribution in [-0.2, 0) is 11.4 Å². The van der Waals surface area contributed by atoms with Gasteiger partial charge in [-0.3, -0.25) is 19.2 Å². The van der Waals surface area contributed by atoms with Crippen LogP contribution in [0.15, 0.2) is 30.3 Å². The molecule has 0 aliphatic carbocycles. The molecule has 0 unspecified atom stereocenters. The summed E-state index contributed by atoms with van der Waals surface area (Å²) in [5.74, 6) is 0. The van der Waals surface area contributed by atoms with Gasteiger partial charge in [0.15, 0.2) is 0 Å². The van der Waals surface area contributed by atoms with Crippen LogP contribution in [0.4, 0.5) is 5.69 Å². The second-order valence-electron chi connectivity index (χ2n) is 1.82. The molecule has 1 aromatic rings. The van der Waals surface area contributed by atoms with E-state index >= 15 is 0 Å². The summed E-state index contributed by atoms with van der Waals surface area (Å²) in [7, 11) is 0. The summed E-state index contributed by atoms with van der Waals surface area (Å²) >= 11 is -2.61. The molecule has 14 heavy (non-hydrogen) atoms. The molecule has 1 rings (SSSR count). The minimum atomic E-state index is -2.61. The van der Waals surface area contributed by atoms with Gasteiger partial charge in [0.05, 0.1) is 4.92 Å². The van der Waals surface area contributed by atoms with Crippen molar-refractivity contribution in [2.75, 3.05) is 0 Å². The Hall–Kier alpha value is -0.310. The number of nitrogens with zero attached hydrogens (tertiary/aromatic N) is 1. The van der Waals surface area contributed by atoms with Gasteiger partial charge in [-0.2, -0.15) is 4.21 Å². The Morgan fingerprint density at radius 2 is 1.57 bits per heavy atom. The average Bonchev–Trinajstić information content (AvgIpc) is 2.05. The number of benzene rings is 1. The molecule has 0 aliphatic rings. The van der Waals surface area contributed by atoms with Crippen molar-refractivity contribution in [1.82, 2.24) is 0 Å². The number of rotatable bonds is 1. The number of nitro groups is 1. The standard InChI is InChI=1S/C6H5NO2.Na.H2O3S.H/c8-7(9)6-4-2-1-3-5-6;;1-4(2)3;/h1-5H;;(H2,1,2,3);. The first-order chi connectivity index (χ1) is 6.04. The van der Waals surface area contributed by atoms with Crippen molar-refractivity contribution in [3.05, 3.63) is 40.4 Å². The third kappa shape index (κ3) is 9.78. The molecular weight excluding hydrogens is 221 g/mol. The first-order valence-corrected chi connectivity index (χ1v) is 4.09. The molecule has 0 amide bonds. The molecule has 0 bridgehead atoms. The molecule has 74 valence electrons. The summed E-state index contributed by atoms with van der Waals surface area (Å²) < 4.78 is 22.8. The molecule has 8 heteroatoms. The zero-order valence-electron chi connectivity index (χ0n) is 6.36. The molecule has 0 atom stereocenters. The van der Waals surface area contributed by atoms with Gasteiger partial charge in [0.2, 0.25) is 0 Å². The predicted octanol–water partition coefficient (Wildman–Crippen LogP) is 0.627. The van der Waals surface area contributed by atoms with Crippen molar-refractivity contribution in [1.29, 1.82) is 0 Å². The van der Waals surface area contributed by atoms with Gasteiger partial charge in [-0.15, -0.1) is 0 Å². The van der Waals surface area contributed by atoms with Crippen LogP contribution in [0.2, 0.25) is 0 Å². The van der Waals surface area contributed by atoms with Crippen molar-refractivity contribution in [3.63, 3.8) is 0 Å². The normalized spacial score (nSPS) is 8.21. The zero-order valence-corrected chi connectivity index (χ0v) is 7.18. The molecular formula is C6H8NNaO5S. The molecule has 0 saturated carbocycles. The van der Waals surface area contributed by atoms with Crippen molar-refractivity contribution in [3.8, 4) is 0 Å². The van der Waals surface area contributed by atoms with Crippen LogP contribution in [0.3, 0.4) is 0 Å². The Morgan fingerprint density at radius 3 is 1.79 bits per heavy atom. The van der Waals surface area contributed by atoms with E-state index in [1.807, 2.05) is 0 Å². The molecule has 0 saturated heterocycles. The molecule has 0 aliphatic heterocycles. The SMILES string of the molecule is O=S(O)O.O=[N+]([O-])c1ccccc1.[NaH]. The van der Waals surface area contributed by atoms with Crippen molar-refractivity contribution < 1.29 is 18.2 Å². The Morgan fingerprint density at radius 1 is 1.21 bits per heavy atom. The Kier molecular flexibility index (Phi) is 10.7. The fraction of sp³-hybridized carbons (Fsp3) is 0. The van der Waals surface area contributed by atoms with E-state index in [4.69, 9.17) is 13.3 Å². The summed E-state index contributed by atoms with van der Waals surface area (Å²) in [6.45, 7) is 0. The molecule has 2 N–H and O–H groups in total. The van der Waals surface area contributed by atoms with Crippen LogP contribution in [0.25, 0.3) is 0 Å². The topological polar surface area (TPSA) is 101 Å². The van der Waals surface area contributed by atoms with Gasteiger partial charge in [-0.1, -0.05) is 18.2 Å². The first-order valence-electron chi connectivity index (χ1n) is 3.03. The van der Waals surface area contributed by atoms with E-state index in [2.05, 4.69) is 0 Å². The number of nitro benzene ring substituents is 1. The number of non-ortho nitro benzene ring substituents is 1. The molecule has 0 fully saturated rings. The predicted molar refractivity (Wildman–Crippen MR) is 53.6 cm³/mol. The van der Waals surface area contributed by atoms with E-state index < -0.39 is 16.3 Å². The van der Waals surface area contributed by atoms with Crippen molar-refractivity contribution >= 4 is 46.6 Å². The summed E-state index contributed by atoms with van der Waals surface area (Å²) in [5.41, 5.74) is 0.137. The Labute approximate surface area is 105 Å². The van der Waals surface area contributed by atoms with E-state index in [1.54, 1.807) is 18.2 Å². The second-order valence-corrected chi connectivity index (χ2v) is 2.28. The monoisotopic (exact) mass is 229 g/mol. The third-order valence-electron chi connectivity index (χ3n) is 0.967. The van der Waals surface area contributed by atoms with Crippen LogP contribution in [0, 0.1) is 10.1 Å². The van der Waals surface area contributed by atoms with E-state index in [0.29, 0.717) is 0 Å². The Bertz CT molecular complexity index is 290.